The van der Waals surface area contributed by atoms with Crippen LogP contribution < -0.4 is 0 Å². The number of rotatable bonds is 1. The molecule has 0 aromatic carbocycles. The molecule has 0 unspecified atom stereocenters. The van der Waals surface area contributed by atoms with Gasteiger partial charge in [-0.2, -0.15) is 0 Å². The summed E-state index contributed by atoms with van der Waals surface area (Å²) in [5, 5.41) is 35.1. The van der Waals surface area contributed by atoms with Crippen molar-refractivity contribution in [3.05, 3.63) is 11.8 Å². The molecule has 0 amide bonds. The van der Waals surface area contributed by atoms with E-state index in [2.05, 4.69) is 4.74 Å². The van der Waals surface area contributed by atoms with Gasteiger partial charge in [-0.05, 0) is 0 Å². The van der Waals surface area contributed by atoms with E-state index in [1.165, 1.54) is 0 Å². The number of ether oxygens (including phenoxy) is 1. The van der Waals surface area contributed by atoms with Crippen LogP contribution in [0.15, 0.2) is 11.8 Å². The number of aliphatic hydroxyl groups excluding tert-OH is 4. The van der Waals surface area contributed by atoms with Crippen LogP contribution in [0, 0.1) is 0 Å². The second kappa shape index (κ2) is 3.26. The van der Waals surface area contributed by atoms with Crippen molar-refractivity contribution in [3.63, 3.8) is 0 Å². The van der Waals surface area contributed by atoms with Gasteiger partial charge in [0.15, 0.2) is 6.10 Å². The van der Waals surface area contributed by atoms with Gasteiger partial charge in [-0.1, -0.05) is 0 Å². The third-order valence-electron chi connectivity index (χ3n) is 1.61. The quantitative estimate of drug-likeness (QED) is 0.407. The summed E-state index contributed by atoms with van der Waals surface area (Å²) < 4.78 is 16.9. The van der Waals surface area contributed by atoms with Crippen LogP contribution in [0.1, 0.15) is 0 Å². The van der Waals surface area contributed by atoms with Gasteiger partial charge in [0.2, 0.25) is 5.83 Å². The van der Waals surface area contributed by atoms with Crippen LogP contribution in [0.4, 0.5) is 4.39 Å². The highest BCUT2D eigenvalue weighted by Crippen LogP contribution is 2.23. The van der Waals surface area contributed by atoms with E-state index in [4.69, 9.17) is 20.4 Å². The lowest BCUT2D eigenvalue weighted by atomic mass is 10.1. The van der Waals surface area contributed by atoms with E-state index in [-0.39, 0.29) is 0 Å². The Morgan fingerprint density at radius 2 is 2.00 bits per heavy atom. The molecule has 3 atom stereocenters. The van der Waals surface area contributed by atoms with Crippen molar-refractivity contribution in [1.82, 2.24) is 0 Å². The molecule has 1 aliphatic rings. The molecule has 0 spiro atoms. The highest BCUT2D eigenvalue weighted by atomic mass is 19.1. The highest BCUT2D eigenvalue weighted by Gasteiger charge is 2.38. The Kier molecular flexibility index (Phi) is 2.51. The van der Waals surface area contributed by atoms with Crippen LogP contribution in [-0.2, 0) is 4.74 Å². The van der Waals surface area contributed by atoms with E-state index in [1.807, 2.05) is 0 Å². The molecule has 0 aromatic heterocycles. The Morgan fingerprint density at radius 3 is 2.50 bits per heavy atom. The van der Waals surface area contributed by atoms with Crippen molar-refractivity contribution in [1.29, 1.82) is 0 Å². The maximum atomic E-state index is 12.5. The molecule has 0 aliphatic carbocycles. The zero-order chi connectivity index (χ0) is 9.30. The predicted molar refractivity (Wildman–Crippen MR) is 34.7 cm³/mol. The molecule has 1 rings (SSSR count). The van der Waals surface area contributed by atoms with Crippen LogP contribution in [-0.4, -0.2) is 45.3 Å². The van der Waals surface area contributed by atoms with Crippen LogP contribution >= 0.6 is 0 Å². The van der Waals surface area contributed by atoms with Crippen LogP contribution in [0.25, 0.3) is 0 Å². The third-order valence-corrected chi connectivity index (χ3v) is 1.61. The molecule has 12 heavy (non-hydrogen) atoms. The fraction of sp³-hybridized carbons (Fsp3) is 0.667. The summed E-state index contributed by atoms with van der Waals surface area (Å²) in [7, 11) is 0. The van der Waals surface area contributed by atoms with E-state index < -0.39 is 36.7 Å². The van der Waals surface area contributed by atoms with Crippen LogP contribution in [0.2, 0.25) is 0 Å². The fourth-order valence-corrected chi connectivity index (χ4v) is 0.894. The molecule has 0 aromatic rings. The first-order chi connectivity index (χ1) is 5.57. The van der Waals surface area contributed by atoms with Gasteiger partial charge in [-0.25, -0.2) is 4.39 Å². The van der Waals surface area contributed by atoms with E-state index in [1.54, 1.807) is 0 Å². The predicted octanol–water partition coefficient (Wildman–Crippen LogP) is -1.20. The van der Waals surface area contributed by atoms with Crippen molar-refractivity contribution in [2.45, 2.75) is 18.3 Å². The number of hydrogen-bond donors (Lipinski definition) is 4. The minimum atomic E-state index is -1.84. The normalized spacial score (nSPS) is 36.5. The van der Waals surface area contributed by atoms with E-state index >= 15 is 0 Å². The standard InChI is InChI=1S/C6H9FO5/c7-3-5(10)4(9)2(1-8)12-6(3)11/h2,4-5,8-11H,1H2/t2-,4-,5-/m1/s1. The molecule has 0 saturated carbocycles. The lowest BCUT2D eigenvalue weighted by molar-refractivity contribution is -0.131. The summed E-state index contributed by atoms with van der Waals surface area (Å²) in [6.45, 7) is -0.616. The monoisotopic (exact) mass is 180 g/mol. The number of hydrogen-bond acceptors (Lipinski definition) is 5. The first-order valence-electron chi connectivity index (χ1n) is 3.30. The Bertz CT molecular complexity index is 204. The van der Waals surface area contributed by atoms with Gasteiger partial charge in [-0.3, -0.25) is 0 Å². The second-order valence-electron chi connectivity index (χ2n) is 2.43. The van der Waals surface area contributed by atoms with E-state index in [0.717, 1.165) is 0 Å². The first kappa shape index (κ1) is 9.24. The Hall–Kier alpha value is -0.850. The smallest absolute Gasteiger partial charge is 0.313 e. The Balaban J connectivity index is 2.83. The van der Waals surface area contributed by atoms with Crippen molar-refractivity contribution in [2.75, 3.05) is 6.61 Å². The molecule has 6 heteroatoms. The highest BCUT2D eigenvalue weighted by molar-refractivity contribution is 5.08. The zero-order valence-corrected chi connectivity index (χ0v) is 6.01. The van der Waals surface area contributed by atoms with Crippen molar-refractivity contribution < 1.29 is 29.6 Å². The summed E-state index contributed by atoms with van der Waals surface area (Å²) >= 11 is 0. The zero-order valence-electron chi connectivity index (χ0n) is 6.01. The van der Waals surface area contributed by atoms with Gasteiger partial charge in [-0.15, -0.1) is 0 Å². The minimum Gasteiger partial charge on any atom is -0.479 e. The van der Waals surface area contributed by atoms with Gasteiger partial charge in [0.05, 0.1) is 6.61 Å². The molecule has 0 radical (unpaired) electrons. The summed E-state index contributed by atoms with van der Waals surface area (Å²) in [4.78, 5) is 0. The molecule has 4 N–H and O–H groups in total. The lowest BCUT2D eigenvalue weighted by Gasteiger charge is -2.29. The molecule has 0 bridgehead atoms. The second-order valence-corrected chi connectivity index (χ2v) is 2.43. The fourth-order valence-electron chi connectivity index (χ4n) is 0.894. The average molecular weight is 180 g/mol. The Morgan fingerprint density at radius 1 is 1.42 bits per heavy atom. The maximum Gasteiger partial charge on any atom is 0.313 e. The molecule has 0 fully saturated rings. The topological polar surface area (TPSA) is 90.2 Å². The van der Waals surface area contributed by atoms with Gasteiger partial charge in [0.25, 0.3) is 0 Å². The molecular formula is C6H9FO5. The average Bonchev–Trinajstić information content (AvgIpc) is 2.08. The summed E-state index contributed by atoms with van der Waals surface area (Å²) in [6, 6.07) is 0. The van der Waals surface area contributed by atoms with Crippen molar-refractivity contribution in [3.8, 4) is 0 Å². The van der Waals surface area contributed by atoms with Crippen molar-refractivity contribution >= 4 is 0 Å². The molecule has 0 saturated heterocycles. The van der Waals surface area contributed by atoms with Gasteiger partial charge in [0, 0.05) is 0 Å². The maximum absolute atomic E-state index is 12.5. The van der Waals surface area contributed by atoms with E-state index in [0.29, 0.717) is 0 Å². The summed E-state index contributed by atoms with van der Waals surface area (Å²) in [6.07, 6.45) is -4.60. The summed E-state index contributed by atoms with van der Waals surface area (Å²) in [5.41, 5.74) is 0. The minimum absolute atomic E-state index is 0.616. The van der Waals surface area contributed by atoms with Crippen molar-refractivity contribution in [2.24, 2.45) is 0 Å². The summed E-state index contributed by atoms with van der Waals surface area (Å²) in [5.74, 6) is -2.42. The molecule has 70 valence electrons. The third kappa shape index (κ3) is 1.36. The number of halogens is 1. The van der Waals surface area contributed by atoms with E-state index in [9.17, 15) is 4.39 Å². The van der Waals surface area contributed by atoms with Crippen LogP contribution in [0.5, 0.6) is 0 Å². The lowest BCUT2D eigenvalue weighted by Crippen LogP contribution is -2.45. The van der Waals surface area contributed by atoms with Gasteiger partial charge in [0.1, 0.15) is 12.2 Å². The van der Waals surface area contributed by atoms with Gasteiger partial charge >= 0.3 is 5.95 Å². The molecule has 5 nitrogen and oxygen atoms in total. The molecule has 1 heterocycles. The Labute approximate surface area is 67.3 Å². The largest absolute Gasteiger partial charge is 0.479 e. The van der Waals surface area contributed by atoms with Crippen LogP contribution in [0.3, 0.4) is 0 Å². The molecular weight excluding hydrogens is 171 g/mol. The van der Waals surface area contributed by atoms with Gasteiger partial charge < -0.3 is 25.2 Å². The SMILES string of the molecule is OC[C@H]1OC(O)=C(F)[C@@H](O)[C@@H]1O. The first-order valence-corrected chi connectivity index (χ1v) is 3.30. The number of aliphatic hydroxyl groups is 4. The molecule has 1 aliphatic heterocycles.